The van der Waals surface area contributed by atoms with Gasteiger partial charge in [-0.1, -0.05) is 26.2 Å². The van der Waals surface area contributed by atoms with Crippen molar-refractivity contribution in [3.05, 3.63) is 0 Å². The summed E-state index contributed by atoms with van der Waals surface area (Å²) in [7, 11) is 1.67. The van der Waals surface area contributed by atoms with E-state index in [1.807, 2.05) is 13.8 Å². The Kier molecular flexibility index (Phi) is 6.39. The first-order chi connectivity index (χ1) is 5.62. The smallest absolute Gasteiger partial charge is 0.162 e. The van der Waals surface area contributed by atoms with E-state index in [9.17, 15) is 0 Å². The fourth-order valence-electron chi connectivity index (χ4n) is 0.906. The average molecular weight is 174 g/mol. The third-order valence-electron chi connectivity index (χ3n) is 1.94. The lowest BCUT2D eigenvalue weighted by Gasteiger charge is -2.23. The van der Waals surface area contributed by atoms with Gasteiger partial charge in [0, 0.05) is 13.7 Å². The molecular weight excluding hydrogens is 152 g/mol. The maximum Gasteiger partial charge on any atom is 0.162 e. The molecule has 12 heavy (non-hydrogen) atoms. The van der Waals surface area contributed by atoms with Crippen LogP contribution in [0.2, 0.25) is 0 Å². The Morgan fingerprint density at radius 3 is 2.25 bits per heavy atom. The first-order valence-electron chi connectivity index (χ1n) is 4.81. The Morgan fingerprint density at radius 2 is 1.75 bits per heavy atom. The Morgan fingerprint density at radius 1 is 1.08 bits per heavy atom. The highest BCUT2D eigenvalue weighted by Crippen LogP contribution is 2.10. The zero-order valence-corrected chi connectivity index (χ0v) is 8.85. The molecule has 0 bridgehead atoms. The van der Waals surface area contributed by atoms with Crippen molar-refractivity contribution in [1.82, 2.24) is 0 Å². The van der Waals surface area contributed by atoms with Crippen molar-refractivity contribution in [2.24, 2.45) is 0 Å². The number of unbranched alkanes of at least 4 members (excludes halogenated alkanes) is 3. The van der Waals surface area contributed by atoms with E-state index in [0.717, 1.165) is 13.0 Å². The molecule has 0 aromatic heterocycles. The summed E-state index contributed by atoms with van der Waals surface area (Å²) in [6.45, 7) is 6.89. The minimum atomic E-state index is -0.411. The van der Waals surface area contributed by atoms with Gasteiger partial charge in [0.2, 0.25) is 0 Å². The lowest BCUT2D eigenvalue weighted by atomic mass is 10.2. The molecule has 0 aliphatic carbocycles. The zero-order valence-electron chi connectivity index (χ0n) is 8.85. The van der Waals surface area contributed by atoms with E-state index in [1.54, 1.807) is 7.11 Å². The lowest BCUT2D eigenvalue weighted by molar-refractivity contribution is -0.197. The van der Waals surface area contributed by atoms with Gasteiger partial charge in [0.1, 0.15) is 0 Å². The van der Waals surface area contributed by atoms with Crippen LogP contribution in [0.4, 0.5) is 0 Å². The summed E-state index contributed by atoms with van der Waals surface area (Å²) in [4.78, 5) is 0. The number of methoxy groups -OCH3 is 1. The van der Waals surface area contributed by atoms with Gasteiger partial charge in [0.05, 0.1) is 0 Å². The second-order valence-corrected chi connectivity index (χ2v) is 3.51. The van der Waals surface area contributed by atoms with Crippen LogP contribution in [0.15, 0.2) is 0 Å². The van der Waals surface area contributed by atoms with Crippen molar-refractivity contribution in [2.75, 3.05) is 13.7 Å². The van der Waals surface area contributed by atoms with Gasteiger partial charge in [-0.15, -0.1) is 0 Å². The normalized spacial score (nSPS) is 12.0. The summed E-state index contributed by atoms with van der Waals surface area (Å²) in [6, 6.07) is 0. The topological polar surface area (TPSA) is 18.5 Å². The number of hydrogen-bond donors (Lipinski definition) is 0. The molecule has 0 saturated carbocycles. The van der Waals surface area contributed by atoms with Gasteiger partial charge in [-0.2, -0.15) is 0 Å². The molecule has 0 amide bonds. The Bertz CT molecular complexity index is 100. The molecule has 0 aromatic rings. The molecule has 0 atom stereocenters. The summed E-state index contributed by atoms with van der Waals surface area (Å²) in [6.07, 6.45) is 4.97. The van der Waals surface area contributed by atoms with Gasteiger partial charge in [0.25, 0.3) is 0 Å². The highest BCUT2D eigenvalue weighted by atomic mass is 16.7. The summed E-state index contributed by atoms with van der Waals surface area (Å²) < 4.78 is 10.6. The quantitative estimate of drug-likeness (QED) is 0.436. The second-order valence-electron chi connectivity index (χ2n) is 3.51. The lowest BCUT2D eigenvalue weighted by Crippen LogP contribution is -2.26. The Hall–Kier alpha value is -0.0800. The minimum absolute atomic E-state index is 0.411. The van der Waals surface area contributed by atoms with Crippen molar-refractivity contribution in [2.45, 2.75) is 52.2 Å². The Balaban J connectivity index is 3.19. The highest BCUT2D eigenvalue weighted by molar-refractivity contribution is 4.51. The predicted molar refractivity (Wildman–Crippen MR) is 51.2 cm³/mol. The maximum absolute atomic E-state index is 5.50. The van der Waals surface area contributed by atoms with Gasteiger partial charge in [-0.25, -0.2) is 0 Å². The molecule has 0 N–H and O–H groups in total. The molecule has 0 heterocycles. The van der Waals surface area contributed by atoms with Crippen molar-refractivity contribution < 1.29 is 9.47 Å². The van der Waals surface area contributed by atoms with E-state index in [2.05, 4.69) is 6.92 Å². The SMILES string of the molecule is CCCCCCOC(C)(C)OC. The van der Waals surface area contributed by atoms with Crippen molar-refractivity contribution in [1.29, 1.82) is 0 Å². The van der Waals surface area contributed by atoms with Crippen LogP contribution in [-0.2, 0) is 9.47 Å². The molecule has 0 aliphatic heterocycles. The predicted octanol–water partition coefficient (Wildman–Crippen LogP) is 2.97. The average Bonchev–Trinajstić information content (AvgIpc) is 2.04. The maximum atomic E-state index is 5.50. The zero-order chi connectivity index (χ0) is 9.45. The van der Waals surface area contributed by atoms with Crippen LogP contribution in [0.1, 0.15) is 46.5 Å². The molecule has 0 unspecified atom stereocenters. The minimum Gasteiger partial charge on any atom is -0.354 e. The van der Waals surface area contributed by atoms with E-state index in [-0.39, 0.29) is 0 Å². The summed E-state index contributed by atoms with van der Waals surface area (Å²) >= 11 is 0. The second kappa shape index (κ2) is 6.44. The number of hydrogen-bond acceptors (Lipinski definition) is 2. The van der Waals surface area contributed by atoms with Gasteiger partial charge in [-0.3, -0.25) is 0 Å². The fraction of sp³-hybridized carbons (Fsp3) is 1.00. The standard InChI is InChI=1S/C10H22O2/c1-5-6-7-8-9-12-10(2,3)11-4/h5-9H2,1-4H3. The van der Waals surface area contributed by atoms with Gasteiger partial charge < -0.3 is 9.47 Å². The van der Waals surface area contributed by atoms with Crippen molar-refractivity contribution in [3.8, 4) is 0 Å². The summed E-state index contributed by atoms with van der Waals surface area (Å²) in [5.74, 6) is -0.411. The van der Waals surface area contributed by atoms with Crippen LogP contribution >= 0.6 is 0 Å². The molecule has 2 heteroatoms. The summed E-state index contributed by atoms with van der Waals surface area (Å²) in [5.41, 5.74) is 0. The molecule has 0 aromatic carbocycles. The summed E-state index contributed by atoms with van der Waals surface area (Å²) in [5, 5.41) is 0. The third kappa shape index (κ3) is 6.62. The van der Waals surface area contributed by atoms with E-state index in [1.165, 1.54) is 19.3 Å². The van der Waals surface area contributed by atoms with E-state index >= 15 is 0 Å². The van der Waals surface area contributed by atoms with Crippen LogP contribution in [0.25, 0.3) is 0 Å². The van der Waals surface area contributed by atoms with E-state index < -0.39 is 5.79 Å². The molecular formula is C10H22O2. The Labute approximate surface area is 76.3 Å². The third-order valence-corrected chi connectivity index (χ3v) is 1.94. The first-order valence-corrected chi connectivity index (χ1v) is 4.81. The van der Waals surface area contributed by atoms with Gasteiger partial charge in [0.15, 0.2) is 5.79 Å². The monoisotopic (exact) mass is 174 g/mol. The molecule has 0 radical (unpaired) electrons. The first kappa shape index (κ1) is 11.9. The highest BCUT2D eigenvalue weighted by Gasteiger charge is 2.15. The van der Waals surface area contributed by atoms with E-state index in [4.69, 9.17) is 9.47 Å². The van der Waals surface area contributed by atoms with Crippen molar-refractivity contribution in [3.63, 3.8) is 0 Å². The number of ether oxygens (including phenoxy) is 2. The largest absolute Gasteiger partial charge is 0.354 e. The van der Waals surface area contributed by atoms with Crippen LogP contribution in [0, 0.1) is 0 Å². The molecule has 0 aliphatic rings. The van der Waals surface area contributed by atoms with Gasteiger partial charge >= 0.3 is 0 Å². The van der Waals surface area contributed by atoms with Crippen LogP contribution in [0.3, 0.4) is 0 Å². The fourth-order valence-corrected chi connectivity index (χ4v) is 0.906. The molecule has 0 fully saturated rings. The molecule has 74 valence electrons. The molecule has 0 rings (SSSR count). The number of rotatable bonds is 7. The molecule has 0 spiro atoms. The molecule has 0 saturated heterocycles. The van der Waals surface area contributed by atoms with Gasteiger partial charge in [-0.05, 0) is 20.3 Å². The van der Waals surface area contributed by atoms with Crippen LogP contribution < -0.4 is 0 Å². The van der Waals surface area contributed by atoms with Crippen molar-refractivity contribution >= 4 is 0 Å². The molecule has 2 nitrogen and oxygen atoms in total. The van der Waals surface area contributed by atoms with E-state index in [0.29, 0.717) is 0 Å². The van der Waals surface area contributed by atoms with Crippen LogP contribution in [-0.4, -0.2) is 19.5 Å². The van der Waals surface area contributed by atoms with Crippen LogP contribution in [0.5, 0.6) is 0 Å².